The molecule has 0 aliphatic carbocycles. The number of anilines is 1. The van der Waals surface area contributed by atoms with Crippen LogP contribution in [-0.4, -0.2) is 68.9 Å². The van der Waals surface area contributed by atoms with Crippen LogP contribution < -0.4 is 15.5 Å². The van der Waals surface area contributed by atoms with Crippen LogP contribution in [0.4, 0.5) is 18.9 Å². The number of piperazine rings is 1. The van der Waals surface area contributed by atoms with Gasteiger partial charge in [0.2, 0.25) is 0 Å². The van der Waals surface area contributed by atoms with Crippen molar-refractivity contribution in [2.75, 3.05) is 50.7 Å². The molecule has 5 nitrogen and oxygen atoms in total. The van der Waals surface area contributed by atoms with E-state index < -0.39 is 12.6 Å². The van der Waals surface area contributed by atoms with E-state index in [-0.39, 0.29) is 12.6 Å². The lowest BCUT2D eigenvalue weighted by Gasteiger charge is -2.38. The molecule has 0 amide bonds. The Morgan fingerprint density at radius 3 is 2.37 bits per heavy atom. The molecular formula is C19H30F3N5. The molecule has 1 unspecified atom stereocenters. The maximum absolute atomic E-state index is 12.3. The van der Waals surface area contributed by atoms with Crippen LogP contribution in [0.3, 0.4) is 0 Å². The normalized spacial score (nSPS) is 17.7. The molecule has 1 aliphatic heterocycles. The van der Waals surface area contributed by atoms with E-state index >= 15 is 0 Å². The molecule has 1 aromatic carbocycles. The first kappa shape index (κ1) is 21.3. The molecule has 2 rings (SSSR count). The molecule has 0 radical (unpaired) electrons. The second kappa shape index (κ2) is 10.4. The molecule has 27 heavy (non-hydrogen) atoms. The van der Waals surface area contributed by atoms with Gasteiger partial charge in [0, 0.05) is 51.0 Å². The fourth-order valence-electron chi connectivity index (χ4n) is 3.06. The third kappa shape index (κ3) is 7.66. The molecule has 0 bridgehead atoms. The van der Waals surface area contributed by atoms with E-state index in [1.165, 1.54) is 5.69 Å². The van der Waals surface area contributed by atoms with Crippen molar-refractivity contribution < 1.29 is 13.2 Å². The van der Waals surface area contributed by atoms with E-state index in [1.54, 1.807) is 0 Å². The molecule has 1 fully saturated rings. The second-order valence-electron chi connectivity index (χ2n) is 6.72. The van der Waals surface area contributed by atoms with E-state index in [9.17, 15) is 13.2 Å². The number of hydrogen-bond acceptors (Lipinski definition) is 3. The van der Waals surface area contributed by atoms with Crippen LogP contribution in [-0.2, 0) is 0 Å². The van der Waals surface area contributed by atoms with E-state index in [0.717, 1.165) is 26.2 Å². The van der Waals surface area contributed by atoms with Gasteiger partial charge >= 0.3 is 6.18 Å². The number of para-hydroxylation sites is 1. The summed E-state index contributed by atoms with van der Waals surface area (Å²) in [7, 11) is 0. The highest BCUT2D eigenvalue weighted by atomic mass is 19.4. The van der Waals surface area contributed by atoms with Crippen LogP contribution in [0.5, 0.6) is 0 Å². The average Bonchev–Trinajstić information content (AvgIpc) is 2.66. The highest BCUT2D eigenvalue weighted by molar-refractivity contribution is 5.79. The predicted octanol–water partition coefficient (Wildman–Crippen LogP) is 2.70. The van der Waals surface area contributed by atoms with Gasteiger partial charge < -0.3 is 15.5 Å². The van der Waals surface area contributed by atoms with Gasteiger partial charge in [-0.25, -0.2) is 0 Å². The van der Waals surface area contributed by atoms with Crippen molar-refractivity contribution in [3.63, 3.8) is 0 Å². The number of benzene rings is 1. The predicted molar refractivity (Wildman–Crippen MR) is 104 cm³/mol. The van der Waals surface area contributed by atoms with Crippen LogP contribution in [0.2, 0.25) is 0 Å². The van der Waals surface area contributed by atoms with Gasteiger partial charge in [0.05, 0.1) is 13.0 Å². The first-order valence-corrected chi connectivity index (χ1v) is 9.52. The van der Waals surface area contributed by atoms with Crippen LogP contribution in [0.1, 0.15) is 20.3 Å². The topological polar surface area (TPSA) is 42.9 Å². The maximum atomic E-state index is 12.3. The Labute approximate surface area is 159 Å². The number of rotatable bonds is 7. The van der Waals surface area contributed by atoms with Gasteiger partial charge in [-0.2, -0.15) is 13.2 Å². The molecule has 2 N–H and O–H groups in total. The van der Waals surface area contributed by atoms with Gasteiger partial charge in [0.25, 0.3) is 0 Å². The van der Waals surface area contributed by atoms with Crippen molar-refractivity contribution in [1.82, 2.24) is 15.5 Å². The van der Waals surface area contributed by atoms with Gasteiger partial charge in [-0.05, 0) is 26.0 Å². The number of guanidine groups is 1. The SMILES string of the molecule is CCNC(=NCC(C)N1CCN(c2ccccc2)CC1)NCCC(F)(F)F. The fraction of sp³-hybridized carbons (Fsp3) is 0.632. The van der Waals surface area contributed by atoms with E-state index in [4.69, 9.17) is 0 Å². The van der Waals surface area contributed by atoms with Crippen LogP contribution >= 0.6 is 0 Å². The molecule has 1 saturated heterocycles. The standard InChI is InChI=1S/C19H30F3N5/c1-3-23-18(24-10-9-19(20,21)22)25-15-16(2)26-11-13-27(14-12-26)17-7-5-4-6-8-17/h4-8,16H,3,9-15H2,1-2H3,(H2,23,24,25). The van der Waals surface area contributed by atoms with E-state index in [2.05, 4.69) is 44.5 Å². The van der Waals surface area contributed by atoms with Crippen molar-refractivity contribution in [3.05, 3.63) is 30.3 Å². The van der Waals surface area contributed by atoms with E-state index in [1.807, 2.05) is 25.1 Å². The Bertz CT molecular complexity index is 568. The number of aliphatic imine (C=N–C) groups is 1. The zero-order valence-corrected chi connectivity index (χ0v) is 16.1. The van der Waals surface area contributed by atoms with Crippen LogP contribution in [0, 0.1) is 0 Å². The second-order valence-corrected chi connectivity index (χ2v) is 6.72. The van der Waals surface area contributed by atoms with Crippen molar-refractivity contribution in [3.8, 4) is 0 Å². The number of halogens is 3. The summed E-state index contributed by atoms with van der Waals surface area (Å²) in [5.41, 5.74) is 1.24. The zero-order valence-electron chi connectivity index (χ0n) is 16.1. The quantitative estimate of drug-likeness (QED) is 0.560. The molecule has 1 atom stereocenters. The summed E-state index contributed by atoms with van der Waals surface area (Å²) in [6, 6.07) is 10.6. The Balaban J connectivity index is 1.79. The third-order valence-corrected chi connectivity index (χ3v) is 4.62. The van der Waals surface area contributed by atoms with Crippen molar-refractivity contribution in [1.29, 1.82) is 0 Å². The number of hydrogen-bond donors (Lipinski definition) is 2. The molecule has 1 aliphatic rings. The summed E-state index contributed by atoms with van der Waals surface area (Å²) in [5, 5.41) is 5.76. The van der Waals surface area contributed by atoms with Crippen molar-refractivity contribution in [2.24, 2.45) is 4.99 Å². The minimum atomic E-state index is -4.16. The molecule has 0 spiro atoms. The highest BCUT2D eigenvalue weighted by Gasteiger charge is 2.26. The molecule has 0 saturated carbocycles. The van der Waals surface area contributed by atoms with Gasteiger partial charge in [-0.15, -0.1) is 0 Å². The zero-order chi connectivity index (χ0) is 19.7. The molecular weight excluding hydrogens is 355 g/mol. The van der Waals surface area contributed by atoms with E-state index in [0.29, 0.717) is 19.0 Å². The average molecular weight is 385 g/mol. The van der Waals surface area contributed by atoms with Gasteiger partial charge in [-0.1, -0.05) is 18.2 Å². The number of nitrogens with one attached hydrogen (secondary N) is 2. The van der Waals surface area contributed by atoms with Crippen molar-refractivity contribution >= 4 is 11.6 Å². The summed E-state index contributed by atoms with van der Waals surface area (Å²) in [6.45, 7) is 8.82. The fourth-order valence-corrected chi connectivity index (χ4v) is 3.06. The minimum absolute atomic E-state index is 0.167. The minimum Gasteiger partial charge on any atom is -0.369 e. The summed E-state index contributed by atoms with van der Waals surface area (Å²) >= 11 is 0. The smallest absolute Gasteiger partial charge is 0.369 e. The lowest BCUT2D eigenvalue weighted by molar-refractivity contribution is -0.132. The summed E-state index contributed by atoms with van der Waals surface area (Å²) in [5.74, 6) is 0.441. The number of alkyl halides is 3. The Kier molecular flexibility index (Phi) is 8.22. The molecule has 0 aromatic heterocycles. The molecule has 1 aromatic rings. The number of nitrogens with zero attached hydrogens (tertiary/aromatic N) is 3. The lowest BCUT2D eigenvalue weighted by Crippen LogP contribution is -2.50. The Morgan fingerprint density at radius 2 is 1.78 bits per heavy atom. The summed E-state index contributed by atoms with van der Waals surface area (Å²) < 4.78 is 36.9. The molecule has 1 heterocycles. The highest BCUT2D eigenvalue weighted by Crippen LogP contribution is 2.18. The van der Waals surface area contributed by atoms with Gasteiger partial charge in [0.1, 0.15) is 0 Å². The first-order valence-electron chi connectivity index (χ1n) is 9.52. The van der Waals surface area contributed by atoms with Crippen LogP contribution in [0.25, 0.3) is 0 Å². The Morgan fingerprint density at radius 1 is 1.11 bits per heavy atom. The monoisotopic (exact) mass is 385 g/mol. The van der Waals surface area contributed by atoms with Gasteiger partial charge in [-0.3, -0.25) is 9.89 Å². The maximum Gasteiger partial charge on any atom is 0.390 e. The van der Waals surface area contributed by atoms with Crippen LogP contribution in [0.15, 0.2) is 35.3 Å². The largest absolute Gasteiger partial charge is 0.390 e. The molecule has 8 heteroatoms. The van der Waals surface area contributed by atoms with Gasteiger partial charge in [0.15, 0.2) is 5.96 Å². The summed E-state index contributed by atoms with van der Waals surface area (Å²) in [4.78, 5) is 9.20. The van der Waals surface area contributed by atoms with Crippen molar-refractivity contribution in [2.45, 2.75) is 32.5 Å². The lowest BCUT2D eigenvalue weighted by atomic mass is 10.2. The molecule has 152 valence electrons. The Hall–Kier alpha value is -1.96. The first-order chi connectivity index (χ1) is 12.9. The summed E-state index contributed by atoms with van der Waals surface area (Å²) in [6.07, 6.45) is -5.02. The third-order valence-electron chi connectivity index (χ3n) is 4.62.